The number of benzene rings is 1. The molecule has 0 bridgehead atoms. The van der Waals surface area contributed by atoms with Crippen molar-refractivity contribution < 1.29 is 9.47 Å². The lowest BCUT2D eigenvalue weighted by Gasteiger charge is -2.22. The molecule has 1 aliphatic rings. The molecule has 1 aliphatic carbocycles. The molecule has 88 valence electrons. The second-order valence-electron chi connectivity index (χ2n) is 5.12. The average molecular weight is 285 g/mol. The van der Waals surface area contributed by atoms with Gasteiger partial charge in [0, 0.05) is 0 Å². The van der Waals surface area contributed by atoms with Gasteiger partial charge < -0.3 is 9.47 Å². The molecule has 2 rings (SSSR count). The van der Waals surface area contributed by atoms with Crippen LogP contribution < -0.4 is 9.47 Å². The van der Waals surface area contributed by atoms with Crippen LogP contribution in [-0.4, -0.2) is 11.7 Å². The molecule has 0 spiro atoms. The Kier molecular flexibility index (Phi) is 3.15. The van der Waals surface area contributed by atoms with E-state index in [4.69, 9.17) is 9.47 Å². The van der Waals surface area contributed by atoms with E-state index in [-0.39, 0.29) is 5.60 Å². The highest BCUT2D eigenvalue weighted by atomic mass is 79.9. The quantitative estimate of drug-likeness (QED) is 0.830. The fourth-order valence-corrected chi connectivity index (χ4v) is 1.78. The van der Waals surface area contributed by atoms with E-state index in [1.165, 1.54) is 12.8 Å². The van der Waals surface area contributed by atoms with Crippen LogP contribution >= 0.6 is 15.9 Å². The molecule has 16 heavy (non-hydrogen) atoms. The first-order chi connectivity index (χ1) is 7.44. The van der Waals surface area contributed by atoms with Gasteiger partial charge in [0.05, 0.1) is 10.6 Å². The number of hydrogen-bond donors (Lipinski definition) is 0. The minimum atomic E-state index is -0.179. The van der Waals surface area contributed by atoms with Crippen LogP contribution in [0, 0.1) is 0 Å². The Hall–Kier alpha value is -0.700. The Morgan fingerprint density at radius 2 is 1.94 bits per heavy atom. The second-order valence-corrected chi connectivity index (χ2v) is 5.98. The van der Waals surface area contributed by atoms with E-state index >= 15 is 0 Å². The van der Waals surface area contributed by atoms with Gasteiger partial charge in [0.1, 0.15) is 17.1 Å². The van der Waals surface area contributed by atoms with Gasteiger partial charge in [-0.3, -0.25) is 0 Å². The Balaban J connectivity index is 2.09. The summed E-state index contributed by atoms with van der Waals surface area (Å²) in [5, 5.41) is 0. The molecule has 1 saturated carbocycles. The number of ether oxygens (including phenoxy) is 2. The van der Waals surface area contributed by atoms with Gasteiger partial charge in [0.25, 0.3) is 0 Å². The minimum Gasteiger partial charge on any atom is -0.490 e. The van der Waals surface area contributed by atoms with Crippen LogP contribution in [-0.2, 0) is 0 Å². The van der Waals surface area contributed by atoms with Gasteiger partial charge in [-0.05, 0) is 67.7 Å². The summed E-state index contributed by atoms with van der Waals surface area (Å²) in [4.78, 5) is 0. The molecule has 0 atom stereocenters. The highest BCUT2D eigenvalue weighted by Gasteiger charge is 2.24. The van der Waals surface area contributed by atoms with Gasteiger partial charge in [0.2, 0.25) is 0 Å². The Morgan fingerprint density at radius 1 is 1.25 bits per heavy atom. The zero-order chi connectivity index (χ0) is 11.8. The molecule has 0 saturated heterocycles. The van der Waals surface area contributed by atoms with E-state index in [2.05, 4.69) is 15.9 Å². The molecule has 0 amide bonds. The molecule has 0 heterocycles. The molecule has 3 heteroatoms. The van der Waals surface area contributed by atoms with E-state index in [0.717, 1.165) is 16.0 Å². The van der Waals surface area contributed by atoms with Crippen molar-refractivity contribution in [3.63, 3.8) is 0 Å². The molecule has 1 aromatic rings. The fourth-order valence-electron chi connectivity index (χ4n) is 1.35. The Bertz CT molecular complexity index is 378. The molecule has 1 fully saturated rings. The molecule has 0 radical (unpaired) electrons. The van der Waals surface area contributed by atoms with E-state index in [1.807, 2.05) is 39.0 Å². The smallest absolute Gasteiger partial charge is 0.134 e. The molecular formula is C13H17BrO2. The minimum absolute atomic E-state index is 0.179. The maximum atomic E-state index is 5.81. The SMILES string of the molecule is CC(C)(C)Oc1ccc(OC2CC2)cc1Br. The molecule has 0 aliphatic heterocycles. The summed E-state index contributed by atoms with van der Waals surface area (Å²) in [6.07, 6.45) is 2.79. The predicted molar refractivity (Wildman–Crippen MR) is 68.2 cm³/mol. The van der Waals surface area contributed by atoms with Crippen LogP contribution in [0.2, 0.25) is 0 Å². The van der Waals surface area contributed by atoms with Crippen molar-refractivity contribution >= 4 is 15.9 Å². The highest BCUT2D eigenvalue weighted by Crippen LogP contribution is 2.34. The zero-order valence-corrected chi connectivity index (χ0v) is 11.5. The monoisotopic (exact) mass is 284 g/mol. The predicted octanol–water partition coefficient (Wildman–Crippen LogP) is 4.17. The summed E-state index contributed by atoms with van der Waals surface area (Å²) in [6.45, 7) is 6.11. The normalized spacial score (nSPS) is 16.0. The van der Waals surface area contributed by atoms with Crippen molar-refractivity contribution in [2.45, 2.75) is 45.3 Å². The third-order valence-corrected chi connectivity index (χ3v) is 2.77. The first kappa shape index (κ1) is 11.8. The number of halogens is 1. The standard InChI is InChI=1S/C13H17BrO2/c1-13(2,3)16-12-7-6-10(8-11(12)14)15-9-4-5-9/h6-9H,4-5H2,1-3H3. The van der Waals surface area contributed by atoms with Crippen molar-refractivity contribution in [1.29, 1.82) is 0 Å². The van der Waals surface area contributed by atoms with E-state index in [9.17, 15) is 0 Å². The lowest BCUT2D eigenvalue weighted by Crippen LogP contribution is -2.23. The van der Waals surface area contributed by atoms with Crippen molar-refractivity contribution in [3.8, 4) is 11.5 Å². The van der Waals surface area contributed by atoms with Gasteiger partial charge in [-0.2, -0.15) is 0 Å². The third kappa shape index (κ3) is 3.41. The first-order valence-electron chi connectivity index (χ1n) is 5.59. The Labute approximate surface area is 105 Å². The van der Waals surface area contributed by atoms with E-state index in [1.54, 1.807) is 0 Å². The molecule has 1 aromatic carbocycles. The lowest BCUT2D eigenvalue weighted by atomic mass is 10.2. The van der Waals surface area contributed by atoms with Crippen LogP contribution in [0.4, 0.5) is 0 Å². The van der Waals surface area contributed by atoms with Gasteiger partial charge in [-0.1, -0.05) is 0 Å². The first-order valence-corrected chi connectivity index (χ1v) is 6.38. The third-order valence-electron chi connectivity index (χ3n) is 2.15. The number of rotatable bonds is 3. The Morgan fingerprint density at radius 3 is 2.44 bits per heavy atom. The summed E-state index contributed by atoms with van der Waals surface area (Å²) < 4.78 is 12.5. The molecular weight excluding hydrogens is 268 g/mol. The average Bonchev–Trinajstić information content (AvgIpc) is 2.92. The van der Waals surface area contributed by atoms with Gasteiger partial charge in [0.15, 0.2) is 0 Å². The maximum absolute atomic E-state index is 5.81. The highest BCUT2D eigenvalue weighted by molar-refractivity contribution is 9.10. The molecule has 2 nitrogen and oxygen atoms in total. The van der Waals surface area contributed by atoms with Crippen molar-refractivity contribution in [3.05, 3.63) is 22.7 Å². The van der Waals surface area contributed by atoms with Crippen molar-refractivity contribution in [2.75, 3.05) is 0 Å². The molecule has 0 unspecified atom stereocenters. The van der Waals surface area contributed by atoms with Crippen LogP contribution in [0.3, 0.4) is 0 Å². The number of hydrogen-bond acceptors (Lipinski definition) is 2. The molecule has 0 aromatic heterocycles. The molecule has 0 N–H and O–H groups in total. The van der Waals surface area contributed by atoms with Crippen LogP contribution in [0.5, 0.6) is 11.5 Å². The second kappa shape index (κ2) is 4.28. The van der Waals surface area contributed by atoms with Crippen LogP contribution in [0.15, 0.2) is 22.7 Å². The van der Waals surface area contributed by atoms with Crippen LogP contribution in [0.25, 0.3) is 0 Å². The largest absolute Gasteiger partial charge is 0.490 e. The van der Waals surface area contributed by atoms with Gasteiger partial charge in [-0.25, -0.2) is 0 Å². The van der Waals surface area contributed by atoms with E-state index in [0.29, 0.717) is 6.10 Å². The summed E-state index contributed by atoms with van der Waals surface area (Å²) in [5.41, 5.74) is -0.179. The van der Waals surface area contributed by atoms with Crippen molar-refractivity contribution in [2.24, 2.45) is 0 Å². The van der Waals surface area contributed by atoms with Gasteiger partial charge in [-0.15, -0.1) is 0 Å². The maximum Gasteiger partial charge on any atom is 0.134 e. The van der Waals surface area contributed by atoms with E-state index < -0.39 is 0 Å². The summed E-state index contributed by atoms with van der Waals surface area (Å²) in [5.74, 6) is 1.77. The lowest BCUT2D eigenvalue weighted by molar-refractivity contribution is 0.129. The topological polar surface area (TPSA) is 18.5 Å². The summed E-state index contributed by atoms with van der Waals surface area (Å²) >= 11 is 3.51. The van der Waals surface area contributed by atoms with Gasteiger partial charge >= 0.3 is 0 Å². The summed E-state index contributed by atoms with van der Waals surface area (Å²) in [7, 11) is 0. The zero-order valence-electron chi connectivity index (χ0n) is 9.92. The summed E-state index contributed by atoms with van der Waals surface area (Å²) in [6, 6.07) is 5.89. The fraction of sp³-hybridized carbons (Fsp3) is 0.538. The van der Waals surface area contributed by atoms with Crippen molar-refractivity contribution in [1.82, 2.24) is 0 Å². The van der Waals surface area contributed by atoms with Crippen LogP contribution in [0.1, 0.15) is 33.6 Å².